The molecule has 0 fully saturated rings. The lowest BCUT2D eigenvalue weighted by atomic mass is 10.1. The summed E-state index contributed by atoms with van der Waals surface area (Å²) in [7, 11) is 0. The van der Waals surface area contributed by atoms with Crippen LogP contribution in [-0.2, 0) is 11.2 Å². The van der Waals surface area contributed by atoms with Gasteiger partial charge in [0.1, 0.15) is 0 Å². The van der Waals surface area contributed by atoms with Gasteiger partial charge in [0.2, 0.25) is 5.91 Å². The highest BCUT2D eigenvalue weighted by Gasteiger charge is 2.20. The van der Waals surface area contributed by atoms with Crippen LogP contribution in [0, 0.1) is 5.92 Å². The van der Waals surface area contributed by atoms with E-state index < -0.39 is 0 Å². The van der Waals surface area contributed by atoms with Gasteiger partial charge in [0.25, 0.3) is 0 Å². The smallest absolute Gasteiger partial charge is 0.234 e. The minimum atomic E-state index is -0.147. The molecule has 0 saturated carbocycles. The van der Waals surface area contributed by atoms with Crippen LogP contribution in [0.5, 0.6) is 0 Å². The van der Waals surface area contributed by atoms with Crippen molar-refractivity contribution in [2.45, 2.75) is 38.1 Å². The Labute approximate surface area is 122 Å². The number of halogens is 2. The van der Waals surface area contributed by atoms with Crippen molar-refractivity contribution in [1.82, 2.24) is 5.32 Å². The molecule has 1 rings (SSSR count). The number of nitrogens with one attached hydrogen (secondary N) is 1. The van der Waals surface area contributed by atoms with Gasteiger partial charge in [-0.3, -0.25) is 4.79 Å². The molecule has 0 bridgehead atoms. The number of hydrogen-bond donors (Lipinski definition) is 1. The molecule has 0 aromatic heterocycles. The van der Waals surface area contributed by atoms with E-state index >= 15 is 0 Å². The summed E-state index contributed by atoms with van der Waals surface area (Å²) in [5.74, 6) is 0.307. The summed E-state index contributed by atoms with van der Waals surface area (Å²) < 4.78 is 0. The highest BCUT2D eigenvalue weighted by Crippen LogP contribution is 2.17. The normalized spacial score (nSPS) is 14.3. The standard InChI is InChI=1S/C14H19BrClNO/c1-9(2)13(15)14(18)17-10(3)8-11-6-4-5-7-12(11)16/h4-7,9-10,13H,8H2,1-3H3,(H,17,18). The quantitative estimate of drug-likeness (QED) is 0.816. The average Bonchev–Trinajstić information content (AvgIpc) is 2.30. The summed E-state index contributed by atoms with van der Waals surface area (Å²) in [6.45, 7) is 6.01. The van der Waals surface area contributed by atoms with Crippen molar-refractivity contribution < 1.29 is 4.79 Å². The van der Waals surface area contributed by atoms with Gasteiger partial charge < -0.3 is 5.32 Å². The second kappa shape index (κ2) is 7.15. The highest BCUT2D eigenvalue weighted by atomic mass is 79.9. The van der Waals surface area contributed by atoms with Crippen LogP contribution in [-0.4, -0.2) is 16.8 Å². The molecule has 100 valence electrons. The summed E-state index contributed by atoms with van der Waals surface area (Å²) in [6, 6.07) is 7.78. The third-order valence-corrected chi connectivity index (χ3v) is 4.55. The fourth-order valence-electron chi connectivity index (χ4n) is 1.67. The maximum Gasteiger partial charge on any atom is 0.234 e. The number of amides is 1. The van der Waals surface area contributed by atoms with Gasteiger partial charge in [0.15, 0.2) is 0 Å². The average molecular weight is 333 g/mol. The second-order valence-corrected chi connectivity index (χ2v) is 6.24. The van der Waals surface area contributed by atoms with Crippen LogP contribution in [0.4, 0.5) is 0 Å². The van der Waals surface area contributed by atoms with Crippen molar-refractivity contribution >= 4 is 33.4 Å². The fraction of sp³-hybridized carbons (Fsp3) is 0.500. The molecule has 0 spiro atoms. The third kappa shape index (κ3) is 4.62. The van der Waals surface area contributed by atoms with E-state index in [1.807, 2.05) is 45.0 Å². The summed E-state index contributed by atoms with van der Waals surface area (Å²) >= 11 is 9.49. The topological polar surface area (TPSA) is 29.1 Å². The van der Waals surface area contributed by atoms with E-state index in [0.717, 1.165) is 17.0 Å². The summed E-state index contributed by atoms with van der Waals surface area (Å²) in [4.78, 5) is 11.7. The zero-order valence-corrected chi connectivity index (χ0v) is 13.3. The Kier molecular flexibility index (Phi) is 6.16. The Hall–Kier alpha value is -0.540. The van der Waals surface area contributed by atoms with Crippen molar-refractivity contribution in [1.29, 1.82) is 0 Å². The number of carbonyl (C=O) groups is 1. The van der Waals surface area contributed by atoms with E-state index in [2.05, 4.69) is 21.2 Å². The lowest BCUT2D eigenvalue weighted by Gasteiger charge is -2.19. The van der Waals surface area contributed by atoms with Crippen molar-refractivity contribution in [3.05, 3.63) is 34.9 Å². The summed E-state index contributed by atoms with van der Waals surface area (Å²) in [5.41, 5.74) is 1.06. The molecule has 0 aliphatic rings. The lowest BCUT2D eigenvalue weighted by Crippen LogP contribution is -2.40. The highest BCUT2D eigenvalue weighted by molar-refractivity contribution is 9.10. The molecule has 0 radical (unpaired) electrons. The van der Waals surface area contributed by atoms with Crippen LogP contribution in [0.25, 0.3) is 0 Å². The van der Waals surface area contributed by atoms with Gasteiger partial charge >= 0.3 is 0 Å². The molecule has 1 N–H and O–H groups in total. The molecule has 4 heteroatoms. The fourth-order valence-corrected chi connectivity index (χ4v) is 2.02. The SMILES string of the molecule is CC(Cc1ccccc1Cl)NC(=O)C(Br)C(C)C. The van der Waals surface area contributed by atoms with Crippen LogP contribution in [0.2, 0.25) is 5.02 Å². The van der Waals surface area contributed by atoms with E-state index in [4.69, 9.17) is 11.6 Å². The Morgan fingerprint density at radius 3 is 2.50 bits per heavy atom. The maximum atomic E-state index is 11.9. The number of rotatable bonds is 5. The summed E-state index contributed by atoms with van der Waals surface area (Å²) in [5, 5.41) is 3.74. The number of hydrogen-bond acceptors (Lipinski definition) is 1. The van der Waals surface area contributed by atoms with Gasteiger partial charge in [-0.25, -0.2) is 0 Å². The monoisotopic (exact) mass is 331 g/mol. The van der Waals surface area contributed by atoms with Gasteiger partial charge in [-0.1, -0.05) is 59.6 Å². The number of carbonyl (C=O) groups excluding carboxylic acids is 1. The van der Waals surface area contributed by atoms with E-state index in [1.54, 1.807) is 0 Å². The van der Waals surface area contributed by atoms with Gasteiger partial charge in [0, 0.05) is 11.1 Å². The van der Waals surface area contributed by atoms with E-state index in [9.17, 15) is 4.79 Å². The molecule has 1 aromatic rings. The second-order valence-electron chi connectivity index (χ2n) is 4.85. The van der Waals surface area contributed by atoms with Gasteiger partial charge in [-0.15, -0.1) is 0 Å². The predicted molar refractivity (Wildman–Crippen MR) is 80.3 cm³/mol. The predicted octanol–water partition coefficient (Wildman–Crippen LogP) is 3.81. The number of alkyl halides is 1. The molecular weight excluding hydrogens is 314 g/mol. The molecule has 0 aliphatic carbocycles. The molecule has 0 heterocycles. The molecule has 18 heavy (non-hydrogen) atoms. The van der Waals surface area contributed by atoms with E-state index in [-0.39, 0.29) is 22.7 Å². The molecule has 1 amide bonds. The van der Waals surface area contributed by atoms with Crippen molar-refractivity contribution in [3.8, 4) is 0 Å². The zero-order valence-electron chi connectivity index (χ0n) is 10.9. The molecule has 1 aromatic carbocycles. The van der Waals surface area contributed by atoms with Gasteiger partial charge in [-0.2, -0.15) is 0 Å². The van der Waals surface area contributed by atoms with Crippen LogP contribution in [0.15, 0.2) is 24.3 Å². The Morgan fingerprint density at radius 2 is 1.94 bits per heavy atom. The Morgan fingerprint density at radius 1 is 1.33 bits per heavy atom. The van der Waals surface area contributed by atoms with Crippen molar-refractivity contribution in [2.24, 2.45) is 5.92 Å². The first-order valence-corrected chi connectivity index (χ1v) is 7.39. The molecule has 2 unspecified atom stereocenters. The first-order valence-electron chi connectivity index (χ1n) is 6.09. The Balaban J connectivity index is 2.55. The van der Waals surface area contributed by atoms with Gasteiger partial charge in [-0.05, 0) is 30.9 Å². The van der Waals surface area contributed by atoms with Crippen LogP contribution in [0.1, 0.15) is 26.3 Å². The largest absolute Gasteiger partial charge is 0.352 e. The van der Waals surface area contributed by atoms with Gasteiger partial charge in [0.05, 0.1) is 4.83 Å². The molecule has 2 nitrogen and oxygen atoms in total. The van der Waals surface area contributed by atoms with E-state index in [1.165, 1.54) is 0 Å². The van der Waals surface area contributed by atoms with Crippen LogP contribution < -0.4 is 5.32 Å². The maximum absolute atomic E-state index is 11.9. The molecule has 0 saturated heterocycles. The first-order chi connectivity index (χ1) is 8.41. The van der Waals surface area contributed by atoms with E-state index in [0.29, 0.717) is 0 Å². The van der Waals surface area contributed by atoms with Crippen molar-refractivity contribution in [3.63, 3.8) is 0 Å². The van der Waals surface area contributed by atoms with Crippen LogP contribution in [0.3, 0.4) is 0 Å². The zero-order chi connectivity index (χ0) is 13.7. The summed E-state index contributed by atoms with van der Waals surface area (Å²) in [6.07, 6.45) is 0.739. The first kappa shape index (κ1) is 15.5. The minimum Gasteiger partial charge on any atom is -0.352 e. The minimum absolute atomic E-state index is 0.0320. The third-order valence-electron chi connectivity index (χ3n) is 2.71. The molecular formula is C14H19BrClNO. The Bertz CT molecular complexity index is 409. The molecule has 2 atom stereocenters. The van der Waals surface area contributed by atoms with Crippen LogP contribution >= 0.6 is 27.5 Å². The molecule has 0 aliphatic heterocycles. The van der Waals surface area contributed by atoms with Crippen molar-refractivity contribution in [2.75, 3.05) is 0 Å². The lowest BCUT2D eigenvalue weighted by molar-refractivity contribution is -0.121. The number of benzene rings is 1.